The maximum atomic E-state index is 13.9. The molecule has 0 atom stereocenters. The van der Waals surface area contributed by atoms with E-state index in [-0.39, 0.29) is 16.6 Å². The van der Waals surface area contributed by atoms with Crippen LogP contribution in [0, 0.1) is 21.4 Å². The molecule has 2 saturated heterocycles. The minimum Gasteiger partial charge on any atom is -0.455 e. The van der Waals surface area contributed by atoms with Crippen LogP contribution in [0.3, 0.4) is 0 Å². The molecule has 302 valence electrons. The molecule has 5 aromatic rings. The standard InChI is InChI=1S/C44H48ClN7O5S/c45-34-4-2-31(3-5-34)39-25-44(12-1-13-44)14-8-33(39)28-49-16-18-50(19-17-49)35-6-7-38(40(23-35)57-36-22-32-9-15-46-42(32)47-26-36)43(53)48-58-37-24-41(52(54)55)51(29-37)27-30-10-20-56-21-11-30/h2-7,9,15,22-24,26,29-30H,1,8,10-14,16-21,25,27-28H2,(H,46,47)(H,48,53). The maximum Gasteiger partial charge on any atom is 0.324 e. The fourth-order valence-electron chi connectivity index (χ4n) is 9.10. The van der Waals surface area contributed by atoms with Gasteiger partial charge in [-0.05, 0) is 115 Å². The first-order valence-corrected chi connectivity index (χ1v) is 21.6. The zero-order chi connectivity index (χ0) is 39.6. The van der Waals surface area contributed by atoms with Crippen LogP contribution in [0.5, 0.6) is 11.5 Å². The number of amides is 1. The number of carbonyl (C=O) groups excluding carboxylic acids is 1. The lowest BCUT2D eigenvalue weighted by Crippen LogP contribution is -2.47. The smallest absolute Gasteiger partial charge is 0.324 e. The number of nitrogens with zero attached hydrogens (tertiary/aromatic N) is 5. The lowest BCUT2D eigenvalue weighted by Gasteiger charge is -2.47. The molecule has 4 aliphatic rings. The van der Waals surface area contributed by atoms with E-state index < -0.39 is 0 Å². The lowest BCUT2D eigenvalue weighted by atomic mass is 9.59. The van der Waals surface area contributed by atoms with Crippen LogP contribution in [0.15, 0.2) is 89.7 Å². The Kier molecular flexibility index (Phi) is 11.2. The highest BCUT2D eigenvalue weighted by molar-refractivity contribution is 7.98. The van der Waals surface area contributed by atoms with Crippen molar-refractivity contribution < 1.29 is 19.2 Å². The fraction of sp³-hybridized carbons (Fsp3) is 0.409. The van der Waals surface area contributed by atoms with Gasteiger partial charge in [0.15, 0.2) is 0 Å². The van der Waals surface area contributed by atoms with Gasteiger partial charge in [0.05, 0.1) is 29.3 Å². The van der Waals surface area contributed by atoms with Gasteiger partial charge in [-0.1, -0.05) is 35.7 Å². The zero-order valence-corrected chi connectivity index (χ0v) is 34.0. The van der Waals surface area contributed by atoms with Crippen LogP contribution < -0.4 is 14.4 Å². The summed E-state index contributed by atoms with van der Waals surface area (Å²) in [5.41, 5.74) is 6.96. The van der Waals surface area contributed by atoms with E-state index in [0.717, 1.165) is 85.7 Å². The monoisotopic (exact) mass is 821 g/mol. The summed E-state index contributed by atoms with van der Waals surface area (Å²) in [6, 6.07) is 19.5. The number of halogens is 1. The van der Waals surface area contributed by atoms with Crippen molar-refractivity contribution in [2.75, 3.05) is 50.8 Å². The molecule has 14 heteroatoms. The molecule has 2 N–H and O–H groups in total. The second kappa shape index (κ2) is 16.8. The molecule has 58 heavy (non-hydrogen) atoms. The molecule has 0 bridgehead atoms. The van der Waals surface area contributed by atoms with E-state index in [2.05, 4.69) is 36.6 Å². The van der Waals surface area contributed by atoms with Crippen LogP contribution in [-0.2, 0) is 11.3 Å². The maximum absolute atomic E-state index is 13.9. The number of rotatable bonds is 12. The molecule has 0 unspecified atom stereocenters. The predicted octanol–water partition coefficient (Wildman–Crippen LogP) is 9.51. The second-order valence-electron chi connectivity index (χ2n) is 16.3. The van der Waals surface area contributed by atoms with Crippen LogP contribution in [-0.4, -0.2) is 76.2 Å². The molecular formula is C44H48ClN7O5S. The van der Waals surface area contributed by atoms with Gasteiger partial charge in [0.1, 0.15) is 23.3 Å². The molecule has 1 saturated carbocycles. The van der Waals surface area contributed by atoms with E-state index in [1.54, 1.807) is 28.6 Å². The zero-order valence-electron chi connectivity index (χ0n) is 32.5. The Labute approximate surface area is 347 Å². The van der Waals surface area contributed by atoms with Gasteiger partial charge in [0.25, 0.3) is 5.91 Å². The summed E-state index contributed by atoms with van der Waals surface area (Å²) in [5, 5.41) is 13.6. The first kappa shape index (κ1) is 38.7. The summed E-state index contributed by atoms with van der Waals surface area (Å²) in [5.74, 6) is 0.854. The van der Waals surface area contributed by atoms with Gasteiger partial charge < -0.3 is 29.5 Å². The number of fused-ring (bicyclic) bond motifs is 1. The number of anilines is 1. The Morgan fingerprint density at radius 3 is 2.62 bits per heavy atom. The minimum absolute atomic E-state index is 0.00359. The van der Waals surface area contributed by atoms with Crippen LogP contribution in [0.25, 0.3) is 16.6 Å². The third kappa shape index (κ3) is 8.49. The van der Waals surface area contributed by atoms with Crippen molar-refractivity contribution in [2.45, 2.75) is 62.8 Å². The summed E-state index contributed by atoms with van der Waals surface area (Å²) >= 11 is 7.34. The fourth-order valence-corrected chi connectivity index (χ4v) is 9.89. The van der Waals surface area contributed by atoms with Gasteiger partial charge in [0.2, 0.25) is 0 Å². The molecule has 5 heterocycles. The Morgan fingerprint density at radius 2 is 1.86 bits per heavy atom. The van der Waals surface area contributed by atoms with E-state index in [4.69, 9.17) is 21.1 Å². The van der Waals surface area contributed by atoms with Crippen LogP contribution in [0.1, 0.15) is 67.3 Å². The van der Waals surface area contributed by atoms with Gasteiger partial charge in [-0.2, -0.15) is 0 Å². The van der Waals surface area contributed by atoms with Crippen molar-refractivity contribution in [3.63, 3.8) is 0 Å². The summed E-state index contributed by atoms with van der Waals surface area (Å²) in [6.45, 7) is 6.37. The van der Waals surface area contributed by atoms with Crippen molar-refractivity contribution >= 4 is 57.6 Å². The molecule has 3 fully saturated rings. The minimum atomic E-state index is -0.374. The Bertz CT molecular complexity index is 2320. The van der Waals surface area contributed by atoms with Gasteiger partial charge in [-0.25, -0.2) is 9.55 Å². The third-order valence-corrected chi connectivity index (χ3v) is 13.6. The largest absolute Gasteiger partial charge is 0.455 e. The summed E-state index contributed by atoms with van der Waals surface area (Å²) < 4.78 is 16.5. The lowest BCUT2D eigenvalue weighted by molar-refractivity contribution is -0.392. The molecule has 12 nitrogen and oxygen atoms in total. The van der Waals surface area contributed by atoms with Crippen molar-refractivity contribution in [2.24, 2.45) is 11.3 Å². The molecule has 2 aromatic carbocycles. The van der Waals surface area contributed by atoms with Gasteiger partial charge in [-0.3, -0.25) is 14.4 Å². The van der Waals surface area contributed by atoms with Crippen LogP contribution in [0.4, 0.5) is 11.5 Å². The Hall–Kier alpha value is -4.82. The number of pyridine rings is 1. The molecule has 1 spiro atoms. The molecular weight excluding hydrogens is 774 g/mol. The number of hydrogen-bond donors (Lipinski definition) is 2. The van der Waals surface area contributed by atoms with Crippen LogP contribution >= 0.6 is 23.5 Å². The number of benzene rings is 2. The normalized spacial score (nSPS) is 18.7. The first-order valence-electron chi connectivity index (χ1n) is 20.4. The molecule has 9 rings (SSSR count). The summed E-state index contributed by atoms with van der Waals surface area (Å²) in [4.78, 5) is 38.5. The van der Waals surface area contributed by atoms with Gasteiger partial charge in [0, 0.05) is 80.2 Å². The van der Waals surface area contributed by atoms with E-state index in [0.29, 0.717) is 53.0 Å². The quantitative estimate of drug-likeness (QED) is 0.0718. The SMILES string of the molecule is O=C(NSc1cc([N+](=O)[O-])n(CC2CCOCC2)c1)c1ccc(N2CCN(CC3=C(c4ccc(Cl)cc4)CC4(CCC4)CC3)CC2)cc1Oc1cnc2[nH]ccc2c1. The number of ether oxygens (including phenoxy) is 2. The summed E-state index contributed by atoms with van der Waals surface area (Å²) in [6.07, 6.45) is 14.6. The highest BCUT2D eigenvalue weighted by atomic mass is 35.5. The van der Waals surface area contributed by atoms with Gasteiger partial charge in [-0.15, -0.1) is 0 Å². The van der Waals surface area contributed by atoms with Crippen molar-refractivity contribution in [1.82, 2.24) is 24.2 Å². The third-order valence-electron chi connectivity index (χ3n) is 12.6. The highest BCUT2D eigenvalue weighted by Gasteiger charge is 2.41. The predicted molar refractivity (Wildman–Crippen MR) is 228 cm³/mol. The first-order chi connectivity index (χ1) is 28.3. The number of aromatic amines is 1. The Morgan fingerprint density at radius 1 is 1.05 bits per heavy atom. The number of nitro groups is 1. The van der Waals surface area contributed by atoms with Crippen molar-refractivity contribution in [3.05, 3.63) is 111 Å². The molecule has 2 aliphatic carbocycles. The van der Waals surface area contributed by atoms with Crippen LogP contribution in [0.2, 0.25) is 5.02 Å². The number of carbonyl (C=O) groups is 1. The average molecular weight is 822 g/mol. The molecule has 1 amide bonds. The molecule has 2 aliphatic heterocycles. The average Bonchev–Trinajstić information content (AvgIpc) is 3.87. The van der Waals surface area contributed by atoms with E-state index in [9.17, 15) is 14.9 Å². The number of aromatic nitrogens is 3. The van der Waals surface area contributed by atoms with Crippen molar-refractivity contribution in [1.29, 1.82) is 0 Å². The number of nitrogens with one attached hydrogen (secondary N) is 2. The van der Waals surface area contributed by atoms with E-state index in [1.807, 2.05) is 42.6 Å². The van der Waals surface area contributed by atoms with Gasteiger partial charge >= 0.3 is 5.82 Å². The number of piperazine rings is 1. The molecule has 0 radical (unpaired) electrons. The van der Waals surface area contributed by atoms with Crippen molar-refractivity contribution in [3.8, 4) is 11.5 Å². The number of H-pyrrole nitrogens is 1. The molecule has 3 aromatic heterocycles. The van der Waals surface area contributed by atoms with E-state index in [1.165, 1.54) is 49.3 Å². The Balaban J connectivity index is 0.906. The second-order valence-corrected chi connectivity index (χ2v) is 17.6. The van der Waals surface area contributed by atoms with E-state index >= 15 is 0 Å². The topological polar surface area (TPSA) is 131 Å². The number of hydrogen-bond acceptors (Lipinski definition) is 9. The number of allylic oxidation sites excluding steroid dienone is 1. The summed E-state index contributed by atoms with van der Waals surface area (Å²) in [7, 11) is 0. The highest BCUT2D eigenvalue weighted by Crippen LogP contribution is 2.55.